The average Bonchev–Trinajstić information content (AvgIpc) is 3.62. The zero-order chi connectivity index (χ0) is 33.1. The van der Waals surface area contributed by atoms with E-state index in [1.54, 1.807) is 11.5 Å². The highest BCUT2D eigenvalue weighted by Crippen LogP contribution is 2.38. The summed E-state index contributed by atoms with van der Waals surface area (Å²) in [5.41, 5.74) is 1.81. The monoisotopic (exact) mass is 654 g/mol. The van der Waals surface area contributed by atoms with Crippen LogP contribution in [-0.4, -0.2) is 103 Å². The molecule has 252 valence electrons. The maximum Gasteiger partial charge on any atom is 0.471 e. The Morgan fingerprint density at radius 1 is 1.02 bits per heavy atom. The predicted molar refractivity (Wildman–Crippen MR) is 173 cm³/mol. The number of hydrogen-bond donors (Lipinski definition) is 4. The molecule has 0 bridgehead atoms. The summed E-state index contributed by atoms with van der Waals surface area (Å²) in [5.74, 6) is -1.25. The van der Waals surface area contributed by atoms with Gasteiger partial charge in [-0.05, 0) is 55.1 Å². The lowest BCUT2D eigenvalue weighted by Gasteiger charge is -2.31. The number of rotatable bonds is 11. The van der Waals surface area contributed by atoms with Crippen LogP contribution < -0.4 is 10.6 Å². The summed E-state index contributed by atoms with van der Waals surface area (Å²) in [4.78, 5) is 29.4. The van der Waals surface area contributed by atoms with Crippen LogP contribution in [0.15, 0.2) is 48.8 Å². The Hall–Kier alpha value is -4.01. The van der Waals surface area contributed by atoms with Crippen LogP contribution in [0, 0.1) is 0 Å². The average molecular weight is 655 g/mol. The molecule has 2 aromatic carbocycles. The summed E-state index contributed by atoms with van der Waals surface area (Å²) in [5, 5.41) is 31.0. The summed E-state index contributed by atoms with van der Waals surface area (Å²) in [7, 11) is 0. The lowest BCUT2D eigenvalue weighted by atomic mass is 10.0. The number of alkyl halides is 3. The molecule has 47 heavy (non-hydrogen) atoms. The number of aliphatic hydroxyl groups is 2. The van der Waals surface area contributed by atoms with Gasteiger partial charge in [-0.2, -0.15) is 23.1 Å². The Bertz CT molecular complexity index is 1690. The molecule has 1 aliphatic heterocycles. The normalized spacial score (nSPS) is 22.2. The molecule has 1 amide bonds. The van der Waals surface area contributed by atoms with E-state index in [9.17, 15) is 28.2 Å². The number of imidazole rings is 1. The summed E-state index contributed by atoms with van der Waals surface area (Å²) in [6.07, 6.45) is -2.98. The van der Waals surface area contributed by atoms with Crippen molar-refractivity contribution in [3.63, 3.8) is 0 Å². The molecule has 0 unspecified atom stereocenters. The van der Waals surface area contributed by atoms with Crippen LogP contribution in [0.2, 0.25) is 0 Å². The quantitative estimate of drug-likeness (QED) is 0.187. The number of nitrogens with one attached hydrogen (secondary N) is 2. The third-order valence-corrected chi connectivity index (χ3v) is 9.25. The van der Waals surface area contributed by atoms with Crippen LogP contribution in [-0.2, 0) is 11.3 Å². The van der Waals surface area contributed by atoms with E-state index >= 15 is 0 Å². The molecule has 0 radical (unpaired) electrons. The number of nitrogens with zero attached hydrogens (tertiary/aromatic N) is 6. The van der Waals surface area contributed by atoms with Gasteiger partial charge in [0.05, 0.1) is 18.4 Å². The molecular formula is C33H41F3N8O3. The lowest BCUT2D eigenvalue weighted by molar-refractivity contribution is -0.190. The number of benzene rings is 2. The number of fused-ring (bicyclic) bond motifs is 2. The number of anilines is 2. The molecule has 0 spiro atoms. The van der Waals surface area contributed by atoms with E-state index in [0.29, 0.717) is 40.9 Å². The van der Waals surface area contributed by atoms with Crippen LogP contribution in [0.4, 0.5) is 24.9 Å². The van der Waals surface area contributed by atoms with E-state index in [-0.39, 0.29) is 19.4 Å². The van der Waals surface area contributed by atoms with Gasteiger partial charge in [0.15, 0.2) is 17.0 Å². The Labute approximate surface area is 270 Å². The first-order chi connectivity index (χ1) is 22.7. The summed E-state index contributed by atoms with van der Waals surface area (Å²) < 4.78 is 42.0. The number of halogens is 3. The molecule has 3 heterocycles. The number of carbonyl (C=O) groups excluding carboxylic acids is 1. The van der Waals surface area contributed by atoms with Gasteiger partial charge in [-0.25, -0.2) is 4.98 Å². The zero-order valence-corrected chi connectivity index (χ0v) is 26.3. The summed E-state index contributed by atoms with van der Waals surface area (Å²) in [6, 6.07) is 12.0. The molecular weight excluding hydrogens is 613 g/mol. The molecule has 1 aliphatic carbocycles. The molecule has 4 N–H and O–H groups in total. The van der Waals surface area contributed by atoms with Crippen LogP contribution in [0.1, 0.15) is 50.6 Å². The Morgan fingerprint density at radius 2 is 1.79 bits per heavy atom. The third-order valence-electron chi connectivity index (χ3n) is 9.25. The zero-order valence-electron chi connectivity index (χ0n) is 26.3. The fraction of sp³-hybridized carbons (Fsp3) is 0.515. The van der Waals surface area contributed by atoms with E-state index in [4.69, 9.17) is 9.97 Å². The van der Waals surface area contributed by atoms with Gasteiger partial charge in [0.2, 0.25) is 5.95 Å². The smallest absolute Gasteiger partial charge is 0.388 e. The number of likely N-dealkylation sites (tertiary alicyclic amines) is 1. The van der Waals surface area contributed by atoms with E-state index in [1.165, 1.54) is 25.6 Å². The number of carbonyl (C=O) groups is 1. The molecule has 6 rings (SSSR count). The van der Waals surface area contributed by atoms with Crippen LogP contribution >= 0.6 is 0 Å². The van der Waals surface area contributed by atoms with Crippen LogP contribution in [0.25, 0.3) is 21.9 Å². The largest absolute Gasteiger partial charge is 0.471 e. The number of hydrogen-bond acceptors (Lipinski definition) is 9. The Kier molecular flexibility index (Phi) is 9.80. The van der Waals surface area contributed by atoms with Gasteiger partial charge in [-0.3, -0.25) is 4.79 Å². The van der Waals surface area contributed by atoms with Crippen molar-refractivity contribution >= 4 is 39.6 Å². The van der Waals surface area contributed by atoms with Crippen molar-refractivity contribution in [2.75, 3.05) is 43.4 Å². The minimum absolute atomic E-state index is 0.115. The van der Waals surface area contributed by atoms with Crippen molar-refractivity contribution in [1.82, 2.24) is 29.3 Å². The van der Waals surface area contributed by atoms with E-state index in [0.717, 1.165) is 36.0 Å². The fourth-order valence-corrected chi connectivity index (χ4v) is 6.89. The summed E-state index contributed by atoms with van der Waals surface area (Å²) >= 11 is 0. The van der Waals surface area contributed by atoms with Gasteiger partial charge in [-0.15, -0.1) is 0 Å². The second-order valence-electron chi connectivity index (χ2n) is 12.4. The van der Waals surface area contributed by atoms with Gasteiger partial charge in [0.25, 0.3) is 0 Å². The molecule has 14 heteroatoms. The highest BCUT2D eigenvalue weighted by atomic mass is 19.4. The molecule has 4 aromatic rings. The first kappa shape index (κ1) is 32.9. The van der Waals surface area contributed by atoms with Gasteiger partial charge < -0.3 is 35.2 Å². The molecule has 1 saturated heterocycles. The maximum absolute atomic E-state index is 13.5. The molecule has 1 saturated carbocycles. The molecule has 2 aromatic heterocycles. The Balaban J connectivity index is 1.31. The second-order valence-corrected chi connectivity index (χ2v) is 12.4. The third kappa shape index (κ3) is 6.99. The first-order valence-electron chi connectivity index (χ1n) is 16.3. The van der Waals surface area contributed by atoms with Gasteiger partial charge >= 0.3 is 12.1 Å². The highest BCUT2D eigenvalue weighted by Gasteiger charge is 2.51. The fourth-order valence-electron chi connectivity index (χ4n) is 6.89. The van der Waals surface area contributed by atoms with Crippen molar-refractivity contribution in [1.29, 1.82) is 0 Å². The molecule has 2 fully saturated rings. The second kappa shape index (κ2) is 14.0. The standard InChI is InChI=1S/C33H41F3N8O3/c1-2-14-43(31(47)33(34,35)36)24-18-25(28(46)27(24)45)44-20-39-26-29(38-19-22-11-8-10-21-9-4-5-12-23(21)22)40-32(41-30(26)44)37-13-17-42-15-6-3-7-16-42/h4-5,8-12,20,24-25,27-28,45-46H,2-3,6-7,13-19H2,1H3,(H2,37,38,40,41)/t24-,25+,27+,28-/m0/s1. The van der Waals surface area contributed by atoms with Crippen molar-refractivity contribution in [2.24, 2.45) is 0 Å². The topological polar surface area (TPSA) is 132 Å². The van der Waals surface area contributed by atoms with E-state index in [1.807, 2.05) is 36.4 Å². The minimum Gasteiger partial charge on any atom is -0.388 e. The number of aliphatic hydroxyl groups excluding tert-OH is 2. The number of piperidine rings is 1. The van der Waals surface area contributed by atoms with Crippen molar-refractivity contribution < 1.29 is 28.2 Å². The van der Waals surface area contributed by atoms with Crippen LogP contribution in [0.5, 0.6) is 0 Å². The van der Waals surface area contributed by atoms with Crippen molar-refractivity contribution in [3.05, 3.63) is 54.4 Å². The Morgan fingerprint density at radius 3 is 2.55 bits per heavy atom. The van der Waals surface area contributed by atoms with Gasteiger partial charge in [0.1, 0.15) is 12.2 Å². The predicted octanol–water partition coefficient (Wildman–Crippen LogP) is 4.33. The highest BCUT2D eigenvalue weighted by molar-refractivity contribution is 5.87. The van der Waals surface area contributed by atoms with Crippen LogP contribution in [0.3, 0.4) is 0 Å². The molecule has 11 nitrogen and oxygen atoms in total. The van der Waals surface area contributed by atoms with E-state index < -0.39 is 36.4 Å². The van der Waals surface area contributed by atoms with Crippen molar-refractivity contribution in [2.45, 2.75) is 76.0 Å². The summed E-state index contributed by atoms with van der Waals surface area (Å²) in [6.45, 7) is 5.38. The maximum atomic E-state index is 13.5. The number of aromatic nitrogens is 4. The SMILES string of the molecule is CCCN(C(=O)C(F)(F)F)[C@H]1C[C@@H](n2cnc3c(NCc4cccc5ccccc45)nc(NCCN4CCCCC4)nc32)[C@H](O)[C@@H]1O. The molecule has 2 aliphatic rings. The van der Waals surface area contributed by atoms with E-state index in [2.05, 4.69) is 26.6 Å². The molecule has 4 atom stereocenters. The van der Waals surface area contributed by atoms with Gasteiger partial charge in [0, 0.05) is 26.2 Å². The minimum atomic E-state index is -5.10. The first-order valence-corrected chi connectivity index (χ1v) is 16.3. The lowest BCUT2D eigenvalue weighted by Crippen LogP contribution is -2.51. The van der Waals surface area contributed by atoms with Crippen molar-refractivity contribution in [3.8, 4) is 0 Å². The van der Waals surface area contributed by atoms with Gasteiger partial charge in [-0.1, -0.05) is 55.8 Å². The number of amides is 1.